The van der Waals surface area contributed by atoms with Crippen LogP contribution in [-0.2, 0) is 13.6 Å². The maximum Gasteiger partial charge on any atom is 0.269 e. The first-order valence-electron chi connectivity index (χ1n) is 6.21. The predicted octanol–water partition coefficient (Wildman–Crippen LogP) is 0.488. The van der Waals surface area contributed by atoms with Crippen LogP contribution in [0.5, 0.6) is 0 Å². The van der Waals surface area contributed by atoms with Crippen LogP contribution in [-0.4, -0.2) is 31.3 Å². The zero-order chi connectivity index (χ0) is 13.8. The van der Waals surface area contributed by atoms with Crippen LogP contribution in [0.15, 0.2) is 23.3 Å². The van der Waals surface area contributed by atoms with Gasteiger partial charge in [-0.2, -0.15) is 5.10 Å². The number of aryl methyl sites for hydroxylation is 1. The SMILES string of the molecule is CC(C)CNc1cnn(Cc2cn(C)nn2)c(=O)c1. The highest BCUT2D eigenvalue weighted by Gasteiger charge is 2.04. The van der Waals surface area contributed by atoms with Crippen molar-refractivity contribution in [2.24, 2.45) is 13.0 Å². The molecule has 7 heteroatoms. The Morgan fingerprint density at radius 1 is 1.42 bits per heavy atom. The summed E-state index contributed by atoms with van der Waals surface area (Å²) in [6.07, 6.45) is 3.42. The van der Waals surface area contributed by atoms with Crippen LogP contribution < -0.4 is 10.9 Å². The molecule has 0 unspecified atom stereocenters. The maximum atomic E-state index is 11.9. The number of aromatic nitrogens is 5. The van der Waals surface area contributed by atoms with Crippen LogP contribution in [0.1, 0.15) is 19.5 Å². The molecule has 2 aromatic heterocycles. The summed E-state index contributed by atoms with van der Waals surface area (Å²) in [6.45, 7) is 5.36. The number of nitrogens with zero attached hydrogens (tertiary/aromatic N) is 5. The van der Waals surface area contributed by atoms with E-state index in [9.17, 15) is 4.79 Å². The van der Waals surface area contributed by atoms with Gasteiger partial charge < -0.3 is 5.32 Å². The third kappa shape index (κ3) is 3.64. The Hall–Kier alpha value is -2.18. The van der Waals surface area contributed by atoms with E-state index < -0.39 is 0 Å². The first kappa shape index (κ1) is 13.3. The van der Waals surface area contributed by atoms with Gasteiger partial charge in [-0.25, -0.2) is 4.68 Å². The van der Waals surface area contributed by atoms with Gasteiger partial charge in [-0.1, -0.05) is 19.1 Å². The van der Waals surface area contributed by atoms with E-state index >= 15 is 0 Å². The molecule has 0 atom stereocenters. The van der Waals surface area contributed by atoms with Crippen molar-refractivity contribution < 1.29 is 0 Å². The van der Waals surface area contributed by atoms with Gasteiger partial charge in [0.1, 0.15) is 5.69 Å². The molecule has 0 aromatic carbocycles. The summed E-state index contributed by atoms with van der Waals surface area (Å²) in [5.74, 6) is 0.516. The molecule has 0 fully saturated rings. The van der Waals surface area contributed by atoms with Crippen LogP contribution in [0.25, 0.3) is 0 Å². The van der Waals surface area contributed by atoms with Crippen LogP contribution in [0, 0.1) is 5.92 Å². The Labute approximate surface area is 111 Å². The maximum absolute atomic E-state index is 11.9. The number of hydrogen-bond acceptors (Lipinski definition) is 5. The van der Waals surface area contributed by atoms with Crippen molar-refractivity contribution >= 4 is 5.69 Å². The summed E-state index contributed by atoms with van der Waals surface area (Å²) in [7, 11) is 1.78. The van der Waals surface area contributed by atoms with Gasteiger partial charge in [0.25, 0.3) is 5.56 Å². The normalized spacial score (nSPS) is 10.9. The van der Waals surface area contributed by atoms with Gasteiger partial charge in [-0.3, -0.25) is 9.48 Å². The highest BCUT2D eigenvalue weighted by atomic mass is 16.1. The Morgan fingerprint density at radius 2 is 2.21 bits per heavy atom. The molecule has 0 amide bonds. The average molecular weight is 262 g/mol. The molecule has 19 heavy (non-hydrogen) atoms. The lowest BCUT2D eigenvalue weighted by atomic mass is 10.2. The lowest BCUT2D eigenvalue weighted by molar-refractivity contribution is 0.624. The minimum Gasteiger partial charge on any atom is -0.383 e. The molecular formula is C12H18N6O. The summed E-state index contributed by atoms with van der Waals surface area (Å²) in [5.41, 5.74) is 1.30. The van der Waals surface area contributed by atoms with Gasteiger partial charge in [-0.15, -0.1) is 5.10 Å². The van der Waals surface area contributed by atoms with Crippen LogP contribution >= 0.6 is 0 Å². The topological polar surface area (TPSA) is 77.6 Å². The van der Waals surface area contributed by atoms with Crippen molar-refractivity contribution in [2.75, 3.05) is 11.9 Å². The van der Waals surface area contributed by atoms with E-state index in [1.165, 1.54) is 4.68 Å². The molecule has 0 aliphatic rings. The van der Waals surface area contributed by atoms with Crippen molar-refractivity contribution in [1.82, 2.24) is 24.8 Å². The first-order valence-corrected chi connectivity index (χ1v) is 6.21. The summed E-state index contributed by atoms with van der Waals surface area (Å²) in [5, 5.41) is 15.0. The smallest absolute Gasteiger partial charge is 0.269 e. The molecule has 2 rings (SSSR count). The van der Waals surface area contributed by atoms with Gasteiger partial charge in [-0.05, 0) is 5.92 Å². The monoisotopic (exact) mass is 262 g/mol. The second-order valence-corrected chi connectivity index (χ2v) is 4.90. The van der Waals surface area contributed by atoms with E-state index in [1.807, 2.05) is 0 Å². The highest BCUT2D eigenvalue weighted by molar-refractivity contribution is 5.38. The van der Waals surface area contributed by atoms with E-state index in [-0.39, 0.29) is 5.56 Å². The summed E-state index contributed by atoms with van der Waals surface area (Å²) in [4.78, 5) is 11.9. The molecule has 2 heterocycles. The fourth-order valence-electron chi connectivity index (χ4n) is 1.59. The minimum atomic E-state index is -0.153. The zero-order valence-corrected chi connectivity index (χ0v) is 11.4. The lowest BCUT2D eigenvalue weighted by Crippen LogP contribution is -2.23. The Kier molecular flexibility index (Phi) is 3.94. The van der Waals surface area contributed by atoms with E-state index in [0.29, 0.717) is 18.2 Å². The molecule has 0 saturated carbocycles. The number of rotatable bonds is 5. The Morgan fingerprint density at radius 3 is 2.79 bits per heavy atom. The molecule has 0 aliphatic carbocycles. The van der Waals surface area contributed by atoms with Gasteiger partial charge in [0.05, 0.1) is 24.6 Å². The summed E-state index contributed by atoms with van der Waals surface area (Å²) in [6, 6.07) is 1.55. The predicted molar refractivity (Wildman–Crippen MR) is 71.9 cm³/mol. The standard InChI is InChI=1S/C12H18N6O/c1-9(2)5-13-10-4-12(19)18(14-6-10)8-11-7-17(3)16-15-11/h4,6-7,9,13H,5,8H2,1-3H3. The van der Waals surface area contributed by atoms with E-state index in [1.54, 1.807) is 30.2 Å². The Bertz CT molecular complexity index is 600. The molecule has 7 nitrogen and oxygen atoms in total. The largest absolute Gasteiger partial charge is 0.383 e. The van der Waals surface area contributed by atoms with E-state index in [4.69, 9.17) is 0 Å². The number of anilines is 1. The number of hydrogen-bond donors (Lipinski definition) is 1. The molecule has 0 spiro atoms. The third-order valence-electron chi connectivity index (χ3n) is 2.55. The number of nitrogens with one attached hydrogen (secondary N) is 1. The minimum absolute atomic E-state index is 0.153. The molecule has 1 N–H and O–H groups in total. The quantitative estimate of drug-likeness (QED) is 0.848. The third-order valence-corrected chi connectivity index (χ3v) is 2.55. The van der Waals surface area contributed by atoms with Crippen molar-refractivity contribution in [3.05, 3.63) is 34.5 Å². The van der Waals surface area contributed by atoms with Crippen LogP contribution in [0.3, 0.4) is 0 Å². The highest BCUT2D eigenvalue weighted by Crippen LogP contribution is 2.02. The molecule has 0 bridgehead atoms. The van der Waals surface area contributed by atoms with Crippen LogP contribution in [0.4, 0.5) is 5.69 Å². The van der Waals surface area contributed by atoms with E-state index in [2.05, 4.69) is 34.6 Å². The Balaban J connectivity index is 2.09. The van der Waals surface area contributed by atoms with Crippen molar-refractivity contribution in [2.45, 2.75) is 20.4 Å². The van der Waals surface area contributed by atoms with Crippen LogP contribution in [0.2, 0.25) is 0 Å². The zero-order valence-electron chi connectivity index (χ0n) is 11.4. The molecule has 0 radical (unpaired) electrons. The van der Waals surface area contributed by atoms with E-state index in [0.717, 1.165) is 12.2 Å². The van der Waals surface area contributed by atoms with Crippen molar-refractivity contribution in [3.63, 3.8) is 0 Å². The fraction of sp³-hybridized carbons (Fsp3) is 0.500. The second-order valence-electron chi connectivity index (χ2n) is 4.90. The summed E-state index contributed by atoms with van der Waals surface area (Å²) < 4.78 is 2.96. The van der Waals surface area contributed by atoms with Crippen molar-refractivity contribution in [3.8, 4) is 0 Å². The molecule has 2 aromatic rings. The molecule has 0 saturated heterocycles. The molecule has 0 aliphatic heterocycles. The van der Waals surface area contributed by atoms with Crippen molar-refractivity contribution in [1.29, 1.82) is 0 Å². The molecule has 102 valence electrons. The van der Waals surface area contributed by atoms with Gasteiger partial charge in [0.15, 0.2) is 0 Å². The molecular weight excluding hydrogens is 244 g/mol. The lowest BCUT2D eigenvalue weighted by Gasteiger charge is -2.09. The van der Waals surface area contributed by atoms with Gasteiger partial charge in [0, 0.05) is 19.7 Å². The second kappa shape index (κ2) is 5.64. The first-order chi connectivity index (χ1) is 9.04. The van der Waals surface area contributed by atoms with Gasteiger partial charge in [0.2, 0.25) is 0 Å². The summed E-state index contributed by atoms with van der Waals surface area (Å²) >= 11 is 0. The van der Waals surface area contributed by atoms with Gasteiger partial charge >= 0.3 is 0 Å². The average Bonchev–Trinajstić information content (AvgIpc) is 2.75. The fourth-order valence-corrected chi connectivity index (χ4v) is 1.59.